The number of oxazole rings is 1. The van der Waals surface area contributed by atoms with E-state index in [0.29, 0.717) is 11.1 Å². The quantitative estimate of drug-likeness (QED) is 0.577. The maximum atomic E-state index is 12.5. The molecule has 0 spiro atoms. The highest BCUT2D eigenvalue weighted by molar-refractivity contribution is 6.00. The molecule has 4 rings (SSSR count). The average molecular weight is 369 g/mol. The van der Waals surface area contributed by atoms with Crippen molar-refractivity contribution in [1.82, 2.24) is 15.3 Å². The van der Waals surface area contributed by atoms with Crippen LogP contribution in [0.5, 0.6) is 5.75 Å². The van der Waals surface area contributed by atoms with Gasteiger partial charge >= 0.3 is 6.61 Å². The van der Waals surface area contributed by atoms with Crippen LogP contribution < -0.4 is 10.1 Å². The molecule has 27 heavy (non-hydrogen) atoms. The molecule has 1 amide bonds. The predicted molar refractivity (Wildman–Crippen MR) is 93.6 cm³/mol. The molecule has 0 saturated carbocycles. The van der Waals surface area contributed by atoms with Crippen LogP contribution >= 0.6 is 0 Å². The van der Waals surface area contributed by atoms with Gasteiger partial charge in [-0.25, -0.2) is 4.98 Å². The van der Waals surface area contributed by atoms with Gasteiger partial charge in [0.2, 0.25) is 5.89 Å². The highest BCUT2D eigenvalue weighted by atomic mass is 19.3. The van der Waals surface area contributed by atoms with E-state index in [9.17, 15) is 13.6 Å². The van der Waals surface area contributed by atoms with E-state index in [2.05, 4.69) is 20.0 Å². The summed E-state index contributed by atoms with van der Waals surface area (Å²) in [6, 6.07) is 13.2. The number of benzene rings is 2. The van der Waals surface area contributed by atoms with Crippen molar-refractivity contribution < 1.29 is 22.7 Å². The number of para-hydroxylation sites is 2. The third-order valence-electron chi connectivity index (χ3n) is 3.92. The Morgan fingerprint density at radius 3 is 2.74 bits per heavy atom. The molecule has 0 bridgehead atoms. The first kappa shape index (κ1) is 16.9. The fourth-order valence-electron chi connectivity index (χ4n) is 2.75. The van der Waals surface area contributed by atoms with E-state index in [1.165, 1.54) is 18.2 Å². The summed E-state index contributed by atoms with van der Waals surface area (Å²) in [5.41, 5.74) is 1.92. The zero-order valence-electron chi connectivity index (χ0n) is 13.9. The van der Waals surface area contributed by atoms with Crippen LogP contribution in [0.4, 0.5) is 8.78 Å². The molecule has 0 aliphatic heterocycles. The molecule has 0 unspecified atom stereocenters. The molecule has 2 aromatic carbocycles. The van der Waals surface area contributed by atoms with E-state index in [-0.39, 0.29) is 23.7 Å². The van der Waals surface area contributed by atoms with Gasteiger partial charge in [-0.1, -0.05) is 24.3 Å². The van der Waals surface area contributed by atoms with Gasteiger partial charge in [-0.15, -0.1) is 0 Å². The normalized spacial score (nSPS) is 11.2. The van der Waals surface area contributed by atoms with Crippen LogP contribution in [-0.4, -0.2) is 22.5 Å². The zero-order chi connectivity index (χ0) is 18.8. The SMILES string of the molecule is O=C(NCc1nc2cnc3ccccc3c2o1)c1ccccc1OC(F)F. The van der Waals surface area contributed by atoms with Gasteiger partial charge < -0.3 is 14.5 Å². The van der Waals surface area contributed by atoms with Crippen LogP contribution in [0.2, 0.25) is 0 Å². The summed E-state index contributed by atoms with van der Waals surface area (Å²) in [5.74, 6) is -0.488. The molecule has 1 N–H and O–H groups in total. The maximum absolute atomic E-state index is 12.5. The van der Waals surface area contributed by atoms with Crippen molar-refractivity contribution in [3.8, 4) is 5.75 Å². The number of rotatable bonds is 5. The molecule has 136 valence electrons. The summed E-state index contributed by atoms with van der Waals surface area (Å²) in [6.07, 6.45) is 1.60. The predicted octanol–water partition coefficient (Wildman–Crippen LogP) is 3.91. The second-order valence-electron chi connectivity index (χ2n) is 5.65. The summed E-state index contributed by atoms with van der Waals surface area (Å²) < 4.78 is 35.1. The number of carbonyl (C=O) groups excluding carboxylic acids is 1. The number of pyridine rings is 1. The summed E-state index contributed by atoms with van der Waals surface area (Å²) >= 11 is 0. The molecular weight excluding hydrogens is 356 g/mol. The maximum Gasteiger partial charge on any atom is 0.387 e. The third-order valence-corrected chi connectivity index (χ3v) is 3.92. The number of alkyl halides is 2. The fourth-order valence-corrected chi connectivity index (χ4v) is 2.75. The van der Waals surface area contributed by atoms with Crippen molar-refractivity contribution in [3.63, 3.8) is 0 Å². The largest absolute Gasteiger partial charge is 0.438 e. The molecule has 4 aromatic rings. The first-order valence-corrected chi connectivity index (χ1v) is 8.07. The molecule has 6 nitrogen and oxygen atoms in total. The average Bonchev–Trinajstić information content (AvgIpc) is 3.10. The molecule has 0 radical (unpaired) electrons. The Morgan fingerprint density at radius 1 is 1.11 bits per heavy atom. The fraction of sp³-hybridized carbons (Fsp3) is 0.105. The third kappa shape index (κ3) is 3.41. The lowest BCUT2D eigenvalue weighted by Gasteiger charge is -2.09. The van der Waals surface area contributed by atoms with E-state index < -0.39 is 12.5 Å². The van der Waals surface area contributed by atoms with Crippen molar-refractivity contribution in [2.45, 2.75) is 13.2 Å². The number of nitrogens with zero attached hydrogens (tertiary/aromatic N) is 2. The van der Waals surface area contributed by atoms with Crippen LogP contribution in [-0.2, 0) is 6.54 Å². The van der Waals surface area contributed by atoms with Crippen molar-refractivity contribution in [3.05, 3.63) is 66.2 Å². The molecule has 0 saturated heterocycles. The van der Waals surface area contributed by atoms with Crippen LogP contribution in [0.15, 0.2) is 59.1 Å². The van der Waals surface area contributed by atoms with Crippen LogP contribution in [0.25, 0.3) is 22.0 Å². The van der Waals surface area contributed by atoms with E-state index in [1.807, 2.05) is 24.3 Å². The van der Waals surface area contributed by atoms with Crippen molar-refractivity contribution in [2.75, 3.05) is 0 Å². The number of aromatic nitrogens is 2. The van der Waals surface area contributed by atoms with Gasteiger partial charge in [0.1, 0.15) is 11.3 Å². The number of amides is 1. The van der Waals surface area contributed by atoms with Gasteiger partial charge in [0, 0.05) is 5.39 Å². The van der Waals surface area contributed by atoms with Gasteiger partial charge in [0.15, 0.2) is 5.58 Å². The molecule has 0 fully saturated rings. The number of hydrogen-bond acceptors (Lipinski definition) is 5. The first-order chi connectivity index (χ1) is 13.1. The van der Waals surface area contributed by atoms with E-state index in [0.717, 1.165) is 10.9 Å². The Bertz CT molecular complexity index is 1130. The lowest BCUT2D eigenvalue weighted by Crippen LogP contribution is -2.24. The van der Waals surface area contributed by atoms with E-state index in [1.54, 1.807) is 12.3 Å². The number of halogens is 2. The van der Waals surface area contributed by atoms with Crippen LogP contribution in [0.1, 0.15) is 16.2 Å². The molecule has 2 aromatic heterocycles. The Hall–Kier alpha value is -3.55. The number of carbonyl (C=O) groups is 1. The van der Waals surface area contributed by atoms with E-state index in [4.69, 9.17) is 4.42 Å². The molecule has 2 heterocycles. The summed E-state index contributed by atoms with van der Waals surface area (Å²) in [5, 5.41) is 3.41. The standard InChI is InChI=1S/C19H13F2N3O3/c20-19(21)26-15-8-4-2-6-12(15)18(25)23-10-16-24-14-9-22-13-7-3-1-5-11(13)17(14)27-16/h1-9,19H,10H2,(H,23,25). The Labute approximate surface area is 151 Å². The second kappa shape index (κ2) is 6.99. The van der Waals surface area contributed by atoms with Crippen molar-refractivity contribution in [2.24, 2.45) is 0 Å². The van der Waals surface area contributed by atoms with Gasteiger partial charge in [0.05, 0.1) is 23.8 Å². The minimum Gasteiger partial charge on any atom is -0.438 e. The number of hydrogen-bond donors (Lipinski definition) is 1. The van der Waals surface area contributed by atoms with Crippen LogP contribution in [0, 0.1) is 0 Å². The molecule has 0 aliphatic carbocycles. The Kier molecular flexibility index (Phi) is 4.37. The number of ether oxygens (including phenoxy) is 1. The van der Waals surface area contributed by atoms with Gasteiger partial charge in [-0.2, -0.15) is 8.78 Å². The first-order valence-electron chi connectivity index (χ1n) is 8.07. The number of fused-ring (bicyclic) bond motifs is 3. The Balaban J connectivity index is 1.55. The highest BCUT2D eigenvalue weighted by Gasteiger charge is 2.16. The number of nitrogens with one attached hydrogen (secondary N) is 1. The molecule has 0 aliphatic rings. The highest BCUT2D eigenvalue weighted by Crippen LogP contribution is 2.24. The lowest BCUT2D eigenvalue weighted by molar-refractivity contribution is -0.0501. The van der Waals surface area contributed by atoms with Crippen LogP contribution in [0.3, 0.4) is 0 Å². The van der Waals surface area contributed by atoms with Crippen molar-refractivity contribution >= 4 is 27.9 Å². The lowest BCUT2D eigenvalue weighted by atomic mass is 10.2. The van der Waals surface area contributed by atoms with Gasteiger partial charge in [0.25, 0.3) is 5.91 Å². The minimum absolute atomic E-state index is 0.000951. The zero-order valence-corrected chi connectivity index (χ0v) is 13.9. The molecule has 0 atom stereocenters. The molecule has 8 heteroatoms. The summed E-state index contributed by atoms with van der Waals surface area (Å²) in [6.45, 7) is -3.03. The second-order valence-corrected chi connectivity index (χ2v) is 5.65. The topological polar surface area (TPSA) is 77.3 Å². The summed E-state index contributed by atoms with van der Waals surface area (Å²) in [4.78, 5) is 20.9. The smallest absolute Gasteiger partial charge is 0.387 e. The minimum atomic E-state index is -3.02. The molecular formula is C19H13F2N3O3. The van der Waals surface area contributed by atoms with Crippen molar-refractivity contribution in [1.29, 1.82) is 0 Å². The Morgan fingerprint density at radius 2 is 1.89 bits per heavy atom. The monoisotopic (exact) mass is 369 g/mol. The van der Waals surface area contributed by atoms with Gasteiger partial charge in [-0.05, 0) is 24.3 Å². The van der Waals surface area contributed by atoms with E-state index >= 15 is 0 Å². The van der Waals surface area contributed by atoms with Gasteiger partial charge in [-0.3, -0.25) is 9.78 Å². The summed E-state index contributed by atoms with van der Waals surface area (Å²) in [7, 11) is 0.